The van der Waals surface area contributed by atoms with Crippen LogP contribution >= 0.6 is 11.3 Å². The van der Waals surface area contributed by atoms with E-state index in [2.05, 4.69) is 4.72 Å². The van der Waals surface area contributed by atoms with E-state index in [0.717, 1.165) is 10.4 Å². The number of aliphatic carboxylic acids is 1. The van der Waals surface area contributed by atoms with E-state index in [1.807, 2.05) is 19.9 Å². The normalized spacial score (nSPS) is 20.6. The largest absolute Gasteiger partial charge is 0.481 e. The molecule has 0 saturated carbocycles. The summed E-state index contributed by atoms with van der Waals surface area (Å²) < 4.78 is 28.3. The van der Waals surface area contributed by atoms with E-state index in [0.29, 0.717) is 19.4 Å². The standard InChI is InChI=1S/C13H20N2O4S2/c1-9-6-12(20-10(9)2)7-14-21(18,19)15-5-3-4-11(8-15)13(16)17/h6,11,14H,3-5,7-8H2,1-2H3,(H,16,17). The van der Waals surface area contributed by atoms with Crippen molar-refractivity contribution in [3.05, 3.63) is 21.4 Å². The molecular weight excluding hydrogens is 312 g/mol. The average molecular weight is 332 g/mol. The van der Waals surface area contributed by atoms with Crippen molar-refractivity contribution in [2.75, 3.05) is 13.1 Å². The molecule has 2 heterocycles. The van der Waals surface area contributed by atoms with Crippen molar-refractivity contribution in [2.45, 2.75) is 33.2 Å². The monoisotopic (exact) mass is 332 g/mol. The second kappa shape index (κ2) is 6.43. The van der Waals surface area contributed by atoms with Crippen molar-refractivity contribution < 1.29 is 18.3 Å². The first-order valence-corrected chi connectivity index (χ1v) is 9.08. The third-order valence-electron chi connectivity index (χ3n) is 3.72. The van der Waals surface area contributed by atoms with Gasteiger partial charge in [-0.05, 0) is 38.3 Å². The number of hydrogen-bond donors (Lipinski definition) is 2. The van der Waals surface area contributed by atoms with Crippen molar-refractivity contribution in [1.29, 1.82) is 0 Å². The van der Waals surface area contributed by atoms with Crippen LogP contribution < -0.4 is 4.72 Å². The third kappa shape index (κ3) is 4.03. The molecule has 8 heteroatoms. The highest BCUT2D eigenvalue weighted by atomic mass is 32.2. The molecule has 1 aliphatic heterocycles. The number of hydrogen-bond acceptors (Lipinski definition) is 4. The molecule has 0 aromatic carbocycles. The highest BCUT2D eigenvalue weighted by molar-refractivity contribution is 7.87. The number of thiophene rings is 1. The van der Waals surface area contributed by atoms with Gasteiger partial charge in [-0.2, -0.15) is 17.4 Å². The molecule has 21 heavy (non-hydrogen) atoms. The number of rotatable bonds is 5. The smallest absolute Gasteiger partial charge is 0.307 e. The summed E-state index contributed by atoms with van der Waals surface area (Å²) in [6.07, 6.45) is 1.11. The Hall–Kier alpha value is -0.960. The first-order valence-electron chi connectivity index (χ1n) is 6.83. The maximum atomic E-state index is 12.2. The van der Waals surface area contributed by atoms with Gasteiger partial charge in [-0.15, -0.1) is 11.3 Å². The second-order valence-corrected chi connectivity index (χ2v) is 8.41. The number of carboxylic acid groups (broad SMARTS) is 1. The number of nitrogens with one attached hydrogen (secondary N) is 1. The first kappa shape index (κ1) is 16.4. The van der Waals surface area contributed by atoms with Gasteiger partial charge < -0.3 is 5.11 Å². The van der Waals surface area contributed by atoms with Crippen molar-refractivity contribution in [1.82, 2.24) is 9.03 Å². The number of carbonyl (C=O) groups is 1. The Labute approximate surface area is 129 Å². The highest BCUT2D eigenvalue weighted by Crippen LogP contribution is 2.22. The lowest BCUT2D eigenvalue weighted by Crippen LogP contribution is -2.47. The maximum Gasteiger partial charge on any atom is 0.307 e. The Kier molecular flexibility index (Phi) is 5.03. The third-order valence-corrected chi connectivity index (χ3v) is 6.39. The van der Waals surface area contributed by atoms with Gasteiger partial charge in [-0.3, -0.25) is 4.79 Å². The van der Waals surface area contributed by atoms with Gasteiger partial charge in [0.25, 0.3) is 10.2 Å². The minimum absolute atomic E-state index is 0.0488. The summed E-state index contributed by atoms with van der Waals surface area (Å²) in [5.41, 5.74) is 1.15. The molecule has 1 saturated heterocycles. The van der Waals surface area contributed by atoms with Gasteiger partial charge in [0.1, 0.15) is 0 Å². The van der Waals surface area contributed by atoms with E-state index < -0.39 is 22.1 Å². The maximum absolute atomic E-state index is 12.2. The Bertz CT molecular complexity index is 605. The molecule has 118 valence electrons. The number of piperidine rings is 1. The van der Waals surface area contributed by atoms with E-state index in [1.54, 1.807) is 11.3 Å². The minimum atomic E-state index is -3.62. The van der Waals surface area contributed by atoms with Crippen molar-refractivity contribution in [3.8, 4) is 0 Å². The van der Waals surface area contributed by atoms with E-state index in [1.165, 1.54) is 9.18 Å². The van der Waals surface area contributed by atoms with Crippen LogP contribution in [0, 0.1) is 19.8 Å². The zero-order chi connectivity index (χ0) is 15.6. The molecule has 1 atom stereocenters. The van der Waals surface area contributed by atoms with Crippen LogP contribution in [0.15, 0.2) is 6.07 Å². The van der Waals surface area contributed by atoms with E-state index in [9.17, 15) is 13.2 Å². The lowest BCUT2D eigenvalue weighted by molar-refractivity contribution is -0.142. The zero-order valence-corrected chi connectivity index (χ0v) is 13.8. The Balaban J connectivity index is 1.99. The first-order chi connectivity index (χ1) is 9.79. The van der Waals surface area contributed by atoms with Crippen LogP contribution in [-0.2, 0) is 21.5 Å². The quantitative estimate of drug-likeness (QED) is 0.855. The lowest BCUT2D eigenvalue weighted by Gasteiger charge is -2.29. The van der Waals surface area contributed by atoms with Crippen LogP contribution in [0.25, 0.3) is 0 Å². The fraction of sp³-hybridized carbons (Fsp3) is 0.615. The Morgan fingerprint density at radius 3 is 2.81 bits per heavy atom. The van der Waals surface area contributed by atoms with Gasteiger partial charge in [-0.1, -0.05) is 0 Å². The summed E-state index contributed by atoms with van der Waals surface area (Å²) in [6.45, 7) is 4.66. The predicted octanol–water partition coefficient (Wildman–Crippen LogP) is 1.50. The predicted molar refractivity (Wildman–Crippen MR) is 81.5 cm³/mol. The molecule has 1 aromatic rings. The van der Waals surface area contributed by atoms with Crippen LogP contribution in [0.3, 0.4) is 0 Å². The second-order valence-electron chi connectivity index (χ2n) is 5.31. The van der Waals surface area contributed by atoms with E-state index in [4.69, 9.17) is 5.11 Å². The lowest BCUT2D eigenvalue weighted by atomic mass is 10.0. The zero-order valence-electron chi connectivity index (χ0n) is 12.1. The summed E-state index contributed by atoms with van der Waals surface area (Å²) in [5.74, 6) is -1.54. The molecular formula is C13H20N2O4S2. The Morgan fingerprint density at radius 2 is 2.24 bits per heavy atom. The number of carboxylic acids is 1. The molecule has 0 radical (unpaired) electrons. The summed E-state index contributed by atoms with van der Waals surface area (Å²) >= 11 is 1.57. The molecule has 6 nitrogen and oxygen atoms in total. The molecule has 0 spiro atoms. The number of aryl methyl sites for hydroxylation is 2. The highest BCUT2D eigenvalue weighted by Gasteiger charge is 2.32. The van der Waals surface area contributed by atoms with Gasteiger partial charge in [0.15, 0.2) is 0 Å². The molecule has 2 rings (SSSR count). The molecule has 2 N–H and O–H groups in total. The summed E-state index contributed by atoms with van der Waals surface area (Å²) in [6, 6.07) is 1.97. The van der Waals surface area contributed by atoms with Gasteiger partial charge in [0.2, 0.25) is 0 Å². The van der Waals surface area contributed by atoms with Gasteiger partial charge >= 0.3 is 5.97 Å². The van der Waals surface area contributed by atoms with E-state index >= 15 is 0 Å². The summed E-state index contributed by atoms with van der Waals surface area (Å²) in [7, 11) is -3.62. The van der Waals surface area contributed by atoms with Crippen LogP contribution in [0.2, 0.25) is 0 Å². The topological polar surface area (TPSA) is 86.7 Å². The van der Waals surface area contributed by atoms with Gasteiger partial charge in [-0.25, -0.2) is 0 Å². The molecule has 1 unspecified atom stereocenters. The van der Waals surface area contributed by atoms with Crippen molar-refractivity contribution >= 4 is 27.5 Å². The minimum Gasteiger partial charge on any atom is -0.481 e. The number of nitrogens with zero attached hydrogens (tertiary/aromatic N) is 1. The van der Waals surface area contributed by atoms with E-state index in [-0.39, 0.29) is 13.1 Å². The van der Waals surface area contributed by atoms with Crippen molar-refractivity contribution in [2.24, 2.45) is 5.92 Å². The fourth-order valence-electron chi connectivity index (χ4n) is 2.35. The molecule has 0 amide bonds. The molecule has 1 fully saturated rings. The van der Waals surface area contributed by atoms with Crippen LogP contribution in [0.5, 0.6) is 0 Å². The van der Waals surface area contributed by atoms with Crippen LogP contribution in [0.1, 0.15) is 28.2 Å². The molecule has 1 aliphatic rings. The van der Waals surface area contributed by atoms with Crippen LogP contribution in [0.4, 0.5) is 0 Å². The summed E-state index contributed by atoms with van der Waals surface area (Å²) in [5, 5.41) is 9.02. The fourth-order valence-corrected chi connectivity index (χ4v) is 4.70. The molecule has 0 bridgehead atoms. The van der Waals surface area contributed by atoms with Gasteiger partial charge in [0, 0.05) is 29.4 Å². The average Bonchev–Trinajstić information content (AvgIpc) is 2.76. The molecule has 1 aromatic heterocycles. The summed E-state index contributed by atoms with van der Waals surface area (Å²) in [4.78, 5) is 13.1. The van der Waals surface area contributed by atoms with Crippen LogP contribution in [-0.4, -0.2) is 36.9 Å². The van der Waals surface area contributed by atoms with Gasteiger partial charge in [0.05, 0.1) is 5.92 Å². The molecule has 0 aliphatic carbocycles. The van der Waals surface area contributed by atoms with Crippen molar-refractivity contribution in [3.63, 3.8) is 0 Å². The Morgan fingerprint density at radius 1 is 1.52 bits per heavy atom. The SMILES string of the molecule is Cc1cc(CNS(=O)(=O)N2CCCC(C(=O)O)C2)sc1C.